The minimum atomic E-state index is 0.781. The van der Waals surface area contributed by atoms with Gasteiger partial charge in [0.25, 0.3) is 0 Å². The van der Waals surface area contributed by atoms with Crippen molar-refractivity contribution in [2.45, 2.75) is 20.3 Å². The Morgan fingerprint density at radius 1 is 1.25 bits per heavy atom. The van der Waals surface area contributed by atoms with Gasteiger partial charge in [0.15, 0.2) is 0 Å². The summed E-state index contributed by atoms with van der Waals surface area (Å²) in [6.45, 7) is 5.13. The monoisotopic (exact) mass is 234 g/mol. The van der Waals surface area contributed by atoms with Gasteiger partial charge in [-0.1, -0.05) is 27.8 Å². The highest BCUT2D eigenvalue weighted by atomic mass is 32.1. The lowest BCUT2D eigenvalue weighted by molar-refractivity contribution is 0.941. The van der Waals surface area contributed by atoms with Crippen molar-refractivity contribution >= 4 is 16.7 Å². The summed E-state index contributed by atoms with van der Waals surface area (Å²) < 4.78 is 3.69. The van der Waals surface area contributed by atoms with E-state index in [2.05, 4.69) is 52.2 Å². The third-order valence-electron chi connectivity index (χ3n) is 2.56. The molecule has 0 fully saturated rings. The number of hydrogen-bond donors (Lipinski definition) is 1. The first kappa shape index (κ1) is 11.0. The largest absolute Gasteiger partial charge is 0.359 e. The van der Waals surface area contributed by atoms with Crippen molar-refractivity contribution in [2.75, 3.05) is 11.9 Å². The lowest BCUT2D eigenvalue weighted by Gasteiger charge is -2.05. The van der Waals surface area contributed by atoms with Crippen LogP contribution in [0.1, 0.15) is 16.7 Å². The molecule has 0 spiro atoms. The zero-order valence-corrected chi connectivity index (χ0v) is 10.2. The Hall–Kier alpha value is -1.49. The summed E-state index contributed by atoms with van der Waals surface area (Å²) in [6.07, 6.45) is 0.987. The average Bonchev–Trinajstić information content (AvgIpc) is 2.76. The Kier molecular flexibility index (Phi) is 3.46. The van der Waals surface area contributed by atoms with Crippen molar-refractivity contribution in [3.05, 3.63) is 34.9 Å². The number of nitrogens with zero attached hydrogens (tertiary/aromatic N) is 3. The normalized spacial score (nSPS) is 10.4. The first-order valence-electron chi connectivity index (χ1n) is 5.21. The molecular weight excluding hydrogens is 220 g/mol. The molecule has 0 aliphatic heterocycles. The lowest BCUT2D eigenvalue weighted by Crippen LogP contribution is -2.04. The van der Waals surface area contributed by atoms with E-state index < -0.39 is 0 Å². The van der Waals surface area contributed by atoms with Gasteiger partial charge in [0.1, 0.15) is 0 Å². The molecule has 0 atom stereocenters. The van der Waals surface area contributed by atoms with Crippen LogP contribution in [0.3, 0.4) is 0 Å². The van der Waals surface area contributed by atoms with Crippen LogP contribution in [0.25, 0.3) is 0 Å². The number of nitrogens with one attached hydrogen (secondary N) is 1. The molecule has 0 saturated heterocycles. The molecule has 1 aromatic carbocycles. The van der Waals surface area contributed by atoms with Gasteiger partial charge < -0.3 is 5.32 Å². The fourth-order valence-electron chi connectivity index (χ4n) is 1.47. The zero-order valence-electron chi connectivity index (χ0n) is 9.40. The molecule has 0 amide bonds. The van der Waals surface area contributed by atoms with Gasteiger partial charge >= 0.3 is 0 Å². The van der Waals surface area contributed by atoms with Gasteiger partial charge in [-0.25, -0.2) is 0 Å². The van der Waals surface area contributed by atoms with E-state index in [-0.39, 0.29) is 0 Å². The second-order valence-corrected chi connectivity index (χ2v) is 4.50. The molecule has 0 aliphatic carbocycles. The van der Waals surface area contributed by atoms with E-state index in [0.717, 1.165) is 18.1 Å². The van der Waals surface area contributed by atoms with Crippen LogP contribution in [-0.4, -0.2) is 21.3 Å². The number of aryl methyl sites for hydroxylation is 2. The lowest BCUT2D eigenvalue weighted by atomic mass is 10.0. The number of hydrogen-bond acceptors (Lipinski definition) is 5. The van der Waals surface area contributed by atoms with E-state index >= 15 is 0 Å². The van der Waals surface area contributed by atoms with E-state index in [0.29, 0.717) is 0 Å². The maximum atomic E-state index is 3.83. The van der Waals surface area contributed by atoms with E-state index in [4.69, 9.17) is 0 Å². The van der Waals surface area contributed by atoms with Gasteiger partial charge in [-0.15, -0.1) is 0 Å². The third-order valence-corrected chi connectivity index (χ3v) is 3.11. The molecule has 2 aromatic rings. The maximum absolute atomic E-state index is 3.83. The zero-order chi connectivity index (χ0) is 11.4. The smallest absolute Gasteiger partial charge is 0.225 e. The molecule has 0 unspecified atom stereocenters. The molecule has 0 saturated carbocycles. The molecule has 0 bridgehead atoms. The highest BCUT2D eigenvalue weighted by Crippen LogP contribution is 2.11. The van der Waals surface area contributed by atoms with Crippen molar-refractivity contribution in [2.24, 2.45) is 0 Å². The molecule has 2 rings (SSSR count). The summed E-state index contributed by atoms with van der Waals surface area (Å²) in [7, 11) is 0. The van der Waals surface area contributed by atoms with E-state index in [1.165, 1.54) is 28.2 Å². The summed E-state index contributed by atoms with van der Waals surface area (Å²) in [5.41, 5.74) is 4.02. The summed E-state index contributed by atoms with van der Waals surface area (Å²) in [6, 6.07) is 6.56. The van der Waals surface area contributed by atoms with Crippen molar-refractivity contribution in [1.29, 1.82) is 0 Å². The van der Waals surface area contributed by atoms with Crippen LogP contribution in [0.4, 0.5) is 5.13 Å². The van der Waals surface area contributed by atoms with Crippen LogP contribution in [-0.2, 0) is 6.42 Å². The summed E-state index contributed by atoms with van der Waals surface area (Å²) in [5.74, 6) is 0. The fraction of sp³-hybridized carbons (Fsp3) is 0.364. The molecule has 1 heterocycles. The fourth-order valence-corrected chi connectivity index (χ4v) is 1.86. The van der Waals surface area contributed by atoms with Crippen molar-refractivity contribution in [1.82, 2.24) is 14.8 Å². The molecule has 4 nitrogen and oxygen atoms in total. The number of anilines is 1. The predicted octanol–water partition coefficient (Wildman–Crippen LogP) is 2.20. The Labute approximate surface area is 98.9 Å². The standard InChI is InChI=1S/C11H14N4S/c1-8-3-4-10(7-9(8)2)5-6-12-11-13-14-15-16-11/h3-4,7H,5-6H2,1-2H3,(H,12,13,15). The van der Waals surface area contributed by atoms with Gasteiger partial charge in [-0.3, -0.25) is 0 Å². The van der Waals surface area contributed by atoms with Gasteiger partial charge in [-0.2, -0.15) is 0 Å². The van der Waals surface area contributed by atoms with Crippen LogP contribution in [0, 0.1) is 13.8 Å². The minimum absolute atomic E-state index is 0.781. The van der Waals surface area contributed by atoms with Gasteiger partial charge in [-0.05, 0) is 42.2 Å². The van der Waals surface area contributed by atoms with Crippen LogP contribution in [0.2, 0.25) is 0 Å². The van der Waals surface area contributed by atoms with Crippen LogP contribution >= 0.6 is 11.5 Å². The Morgan fingerprint density at radius 3 is 2.81 bits per heavy atom. The molecule has 84 valence electrons. The predicted molar refractivity (Wildman–Crippen MR) is 65.8 cm³/mol. The maximum Gasteiger partial charge on any atom is 0.225 e. The van der Waals surface area contributed by atoms with E-state index in [1.54, 1.807) is 0 Å². The summed E-state index contributed by atoms with van der Waals surface area (Å²) in [4.78, 5) is 0. The number of benzene rings is 1. The molecule has 1 N–H and O–H groups in total. The quantitative estimate of drug-likeness (QED) is 0.881. The van der Waals surface area contributed by atoms with Crippen LogP contribution < -0.4 is 5.32 Å². The molecular formula is C11H14N4S. The minimum Gasteiger partial charge on any atom is -0.359 e. The Bertz CT molecular complexity index is 453. The highest BCUT2D eigenvalue weighted by Gasteiger charge is 1.98. The summed E-state index contributed by atoms with van der Waals surface area (Å²) >= 11 is 1.28. The Morgan fingerprint density at radius 2 is 2.12 bits per heavy atom. The third kappa shape index (κ3) is 2.76. The first-order valence-corrected chi connectivity index (χ1v) is 5.98. The van der Waals surface area contributed by atoms with E-state index in [1.807, 2.05) is 0 Å². The molecule has 5 heteroatoms. The van der Waals surface area contributed by atoms with Crippen LogP contribution in [0.15, 0.2) is 18.2 Å². The highest BCUT2D eigenvalue weighted by molar-refractivity contribution is 7.09. The van der Waals surface area contributed by atoms with Gasteiger partial charge in [0.05, 0.1) is 0 Å². The average molecular weight is 234 g/mol. The Balaban J connectivity index is 1.87. The molecule has 0 aliphatic rings. The topological polar surface area (TPSA) is 50.7 Å². The molecule has 0 radical (unpaired) electrons. The molecule has 16 heavy (non-hydrogen) atoms. The van der Waals surface area contributed by atoms with Crippen molar-refractivity contribution < 1.29 is 0 Å². The van der Waals surface area contributed by atoms with Gasteiger partial charge in [0, 0.05) is 18.1 Å². The SMILES string of the molecule is Cc1ccc(CCNc2nnns2)cc1C. The molecule has 1 aromatic heterocycles. The first-order chi connectivity index (χ1) is 7.75. The second-order valence-electron chi connectivity index (χ2n) is 3.76. The number of rotatable bonds is 4. The van der Waals surface area contributed by atoms with Crippen molar-refractivity contribution in [3.8, 4) is 0 Å². The summed E-state index contributed by atoms with van der Waals surface area (Å²) in [5, 5.41) is 11.3. The van der Waals surface area contributed by atoms with Gasteiger partial charge in [0.2, 0.25) is 5.13 Å². The number of aromatic nitrogens is 3. The van der Waals surface area contributed by atoms with E-state index in [9.17, 15) is 0 Å². The van der Waals surface area contributed by atoms with Crippen molar-refractivity contribution in [3.63, 3.8) is 0 Å². The second kappa shape index (κ2) is 5.03. The van der Waals surface area contributed by atoms with Crippen LogP contribution in [0.5, 0.6) is 0 Å².